The smallest absolute Gasteiger partial charge is 0.273 e. The number of para-hydroxylation sites is 1. The zero-order chi connectivity index (χ0) is 21.8. The fraction of sp³-hybridized carbons (Fsp3) is 0.154. The number of aromatic nitrogens is 2. The van der Waals surface area contributed by atoms with Gasteiger partial charge in [-0.1, -0.05) is 31.2 Å². The van der Waals surface area contributed by atoms with E-state index in [1.54, 1.807) is 12.3 Å². The summed E-state index contributed by atoms with van der Waals surface area (Å²) in [5.41, 5.74) is 9.65. The topological polar surface area (TPSA) is 51.3 Å². The Balaban J connectivity index is 1.53. The molecule has 1 N–H and O–H groups in total. The number of carbonyl (C=O) groups is 1. The minimum absolute atomic E-state index is 0.246. The molecule has 0 saturated heterocycles. The first kappa shape index (κ1) is 20.4. The van der Waals surface area contributed by atoms with Crippen molar-refractivity contribution < 1.29 is 4.79 Å². The van der Waals surface area contributed by atoms with Crippen molar-refractivity contribution in [3.8, 4) is 11.4 Å². The molecule has 2 aromatic heterocycles. The quantitative estimate of drug-likeness (QED) is 0.344. The van der Waals surface area contributed by atoms with Crippen LogP contribution < -0.4 is 5.43 Å². The van der Waals surface area contributed by atoms with Crippen LogP contribution in [0.25, 0.3) is 11.4 Å². The zero-order valence-electron chi connectivity index (χ0n) is 18.0. The van der Waals surface area contributed by atoms with Crippen LogP contribution in [-0.2, 0) is 6.42 Å². The van der Waals surface area contributed by atoms with E-state index in [0.29, 0.717) is 5.56 Å². The molecule has 0 aliphatic carbocycles. The zero-order valence-corrected chi connectivity index (χ0v) is 18.0. The summed E-state index contributed by atoms with van der Waals surface area (Å²) in [5, 5.41) is 4.23. The van der Waals surface area contributed by atoms with Crippen molar-refractivity contribution in [3.05, 3.63) is 107 Å². The fourth-order valence-electron chi connectivity index (χ4n) is 3.80. The minimum Gasteiger partial charge on any atom is -0.323 e. The molecule has 5 heteroatoms. The van der Waals surface area contributed by atoms with Crippen molar-refractivity contribution >= 4 is 12.1 Å². The number of hydrazone groups is 1. The molecule has 0 atom stereocenters. The second-order valence-corrected chi connectivity index (χ2v) is 7.49. The minimum atomic E-state index is -0.246. The Hall–Kier alpha value is -3.86. The molecule has 0 aliphatic rings. The van der Waals surface area contributed by atoms with E-state index >= 15 is 0 Å². The first-order valence-corrected chi connectivity index (χ1v) is 10.4. The number of carbonyl (C=O) groups excluding carboxylic acids is 1. The molecule has 2 heterocycles. The summed E-state index contributed by atoms with van der Waals surface area (Å²) < 4.78 is 4.11. The molecule has 0 bridgehead atoms. The first-order chi connectivity index (χ1) is 15.1. The number of nitrogens with one attached hydrogen (secondary N) is 1. The van der Waals surface area contributed by atoms with E-state index in [4.69, 9.17) is 0 Å². The molecule has 4 rings (SSSR count). The highest BCUT2D eigenvalue weighted by Gasteiger charge is 2.12. The van der Waals surface area contributed by atoms with Crippen molar-refractivity contribution in [2.24, 2.45) is 5.10 Å². The van der Waals surface area contributed by atoms with E-state index in [-0.39, 0.29) is 5.91 Å². The predicted octanol–water partition coefficient (Wildman–Crippen LogP) is 5.21. The SMILES string of the molecule is CCc1ccc(-n2c(C)cc(/C=N\NC(=O)c3ccccc3-n3cccc3)c2C)cc1. The maximum Gasteiger partial charge on any atom is 0.273 e. The van der Waals surface area contributed by atoms with Crippen molar-refractivity contribution in [1.29, 1.82) is 0 Å². The molecule has 0 unspecified atom stereocenters. The van der Waals surface area contributed by atoms with Gasteiger partial charge in [0.1, 0.15) is 0 Å². The van der Waals surface area contributed by atoms with Gasteiger partial charge in [-0.3, -0.25) is 4.79 Å². The van der Waals surface area contributed by atoms with E-state index in [1.165, 1.54) is 5.56 Å². The third-order valence-corrected chi connectivity index (χ3v) is 5.47. The van der Waals surface area contributed by atoms with Gasteiger partial charge in [0.15, 0.2) is 0 Å². The van der Waals surface area contributed by atoms with Crippen molar-refractivity contribution in [2.45, 2.75) is 27.2 Å². The number of hydrogen-bond acceptors (Lipinski definition) is 2. The number of aryl methyl sites for hydroxylation is 2. The molecule has 0 spiro atoms. The van der Waals surface area contributed by atoms with Gasteiger partial charge in [-0.25, -0.2) is 5.43 Å². The van der Waals surface area contributed by atoms with Gasteiger partial charge < -0.3 is 9.13 Å². The standard InChI is InChI=1S/C26H26N4O/c1-4-21-11-13-23(14-12-21)30-19(2)17-22(20(30)3)18-27-28-26(31)24-9-5-6-10-25(24)29-15-7-8-16-29/h5-18H,4H2,1-3H3,(H,28,31)/b27-18-. The van der Waals surface area contributed by atoms with E-state index in [0.717, 1.165) is 34.7 Å². The Morgan fingerprint density at radius 1 is 1.00 bits per heavy atom. The highest BCUT2D eigenvalue weighted by Crippen LogP contribution is 2.20. The van der Waals surface area contributed by atoms with Crippen LogP contribution >= 0.6 is 0 Å². The van der Waals surface area contributed by atoms with Crippen LogP contribution in [0.15, 0.2) is 84.2 Å². The molecule has 0 aliphatic heterocycles. The van der Waals surface area contributed by atoms with E-state index < -0.39 is 0 Å². The van der Waals surface area contributed by atoms with Gasteiger partial charge in [0.05, 0.1) is 17.5 Å². The molecule has 5 nitrogen and oxygen atoms in total. The van der Waals surface area contributed by atoms with E-state index in [1.807, 2.05) is 47.3 Å². The summed E-state index contributed by atoms with van der Waals surface area (Å²) >= 11 is 0. The fourth-order valence-corrected chi connectivity index (χ4v) is 3.80. The Morgan fingerprint density at radius 2 is 1.71 bits per heavy atom. The van der Waals surface area contributed by atoms with Gasteiger partial charge in [0.2, 0.25) is 0 Å². The summed E-state index contributed by atoms with van der Waals surface area (Å²) in [6.07, 6.45) is 6.55. The highest BCUT2D eigenvalue weighted by molar-refractivity contribution is 5.98. The number of benzene rings is 2. The van der Waals surface area contributed by atoms with E-state index in [9.17, 15) is 4.79 Å². The molecule has 31 heavy (non-hydrogen) atoms. The lowest BCUT2D eigenvalue weighted by atomic mass is 10.1. The van der Waals surface area contributed by atoms with E-state index in [2.05, 4.69) is 66.2 Å². The van der Waals surface area contributed by atoms with Gasteiger partial charge in [-0.05, 0) is 68.3 Å². The van der Waals surface area contributed by atoms with Crippen LogP contribution in [0.1, 0.15) is 39.8 Å². The van der Waals surface area contributed by atoms with Crippen LogP contribution in [0.5, 0.6) is 0 Å². The summed E-state index contributed by atoms with van der Waals surface area (Å²) in [7, 11) is 0. The number of amides is 1. The normalized spacial score (nSPS) is 11.2. The van der Waals surface area contributed by atoms with Crippen LogP contribution in [0, 0.1) is 13.8 Å². The molecule has 0 saturated carbocycles. The average molecular weight is 411 g/mol. The van der Waals surface area contributed by atoms with Gasteiger partial charge in [0.25, 0.3) is 5.91 Å². The van der Waals surface area contributed by atoms with Crippen LogP contribution in [-0.4, -0.2) is 21.3 Å². The maximum atomic E-state index is 12.7. The first-order valence-electron chi connectivity index (χ1n) is 10.4. The number of hydrogen-bond donors (Lipinski definition) is 1. The Kier molecular flexibility index (Phi) is 5.85. The van der Waals surface area contributed by atoms with Crippen LogP contribution in [0.4, 0.5) is 0 Å². The summed E-state index contributed by atoms with van der Waals surface area (Å²) in [6.45, 7) is 6.29. The summed E-state index contributed by atoms with van der Waals surface area (Å²) in [6, 6.07) is 22.0. The van der Waals surface area contributed by atoms with Gasteiger partial charge >= 0.3 is 0 Å². The average Bonchev–Trinajstić information content (AvgIpc) is 3.42. The largest absolute Gasteiger partial charge is 0.323 e. The molecule has 0 fully saturated rings. The van der Waals surface area contributed by atoms with Crippen molar-refractivity contribution in [1.82, 2.24) is 14.6 Å². The number of rotatable bonds is 6. The monoisotopic (exact) mass is 410 g/mol. The van der Waals surface area contributed by atoms with Gasteiger partial charge in [0, 0.05) is 35.0 Å². The Bertz CT molecular complexity index is 1220. The summed E-state index contributed by atoms with van der Waals surface area (Å²) in [5.74, 6) is -0.246. The lowest BCUT2D eigenvalue weighted by Crippen LogP contribution is -2.19. The molecule has 1 amide bonds. The third-order valence-electron chi connectivity index (χ3n) is 5.47. The molecule has 2 aromatic carbocycles. The lowest BCUT2D eigenvalue weighted by molar-refractivity contribution is 0.0955. The Morgan fingerprint density at radius 3 is 2.42 bits per heavy atom. The second kappa shape index (κ2) is 8.88. The van der Waals surface area contributed by atoms with Gasteiger partial charge in [-0.15, -0.1) is 0 Å². The lowest BCUT2D eigenvalue weighted by Gasteiger charge is -2.10. The molecule has 156 valence electrons. The highest BCUT2D eigenvalue weighted by atomic mass is 16.2. The van der Waals surface area contributed by atoms with Crippen LogP contribution in [0.2, 0.25) is 0 Å². The number of nitrogens with zero attached hydrogens (tertiary/aromatic N) is 3. The predicted molar refractivity (Wildman–Crippen MR) is 125 cm³/mol. The molecule has 0 radical (unpaired) electrons. The van der Waals surface area contributed by atoms with Crippen molar-refractivity contribution in [2.75, 3.05) is 0 Å². The Labute approximate surface area is 182 Å². The van der Waals surface area contributed by atoms with Gasteiger partial charge in [-0.2, -0.15) is 5.10 Å². The molecule has 4 aromatic rings. The van der Waals surface area contributed by atoms with Crippen LogP contribution in [0.3, 0.4) is 0 Å². The second-order valence-electron chi connectivity index (χ2n) is 7.49. The third kappa shape index (κ3) is 4.21. The maximum absolute atomic E-state index is 12.7. The molecular formula is C26H26N4O. The molecular weight excluding hydrogens is 384 g/mol. The summed E-state index contributed by atoms with van der Waals surface area (Å²) in [4.78, 5) is 12.7. The van der Waals surface area contributed by atoms with Crippen molar-refractivity contribution in [3.63, 3.8) is 0 Å².